The second-order valence-electron chi connectivity index (χ2n) is 3.83. The van der Waals surface area contributed by atoms with Gasteiger partial charge in [-0.05, 0) is 26.0 Å². The van der Waals surface area contributed by atoms with Gasteiger partial charge in [0.1, 0.15) is 16.6 Å². The zero-order valence-corrected chi connectivity index (χ0v) is 10.9. The smallest absolute Gasteiger partial charge is 0.344 e. The Kier molecular flexibility index (Phi) is 5.03. The number of benzene rings is 1. The number of ether oxygens (including phenoxy) is 2. The van der Waals surface area contributed by atoms with E-state index in [0.717, 1.165) is 6.07 Å². The molecular formula is C12H14FNO3S. The van der Waals surface area contributed by atoms with Crippen LogP contribution < -0.4 is 10.5 Å². The van der Waals surface area contributed by atoms with Crippen LogP contribution in [0.3, 0.4) is 0 Å². The van der Waals surface area contributed by atoms with Gasteiger partial charge in [0.15, 0.2) is 6.61 Å². The van der Waals surface area contributed by atoms with Gasteiger partial charge in [-0.1, -0.05) is 12.2 Å². The van der Waals surface area contributed by atoms with Crippen molar-refractivity contribution in [3.63, 3.8) is 0 Å². The summed E-state index contributed by atoms with van der Waals surface area (Å²) >= 11 is 4.67. The fraction of sp³-hybridized carbons (Fsp3) is 0.333. The minimum absolute atomic E-state index is 0.0294. The van der Waals surface area contributed by atoms with Gasteiger partial charge in [-0.2, -0.15) is 0 Å². The zero-order chi connectivity index (χ0) is 13.7. The van der Waals surface area contributed by atoms with Gasteiger partial charge in [-0.3, -0.25) is 0 Å². The summed E-state index contributed by atoms with van der Waals surface area (Å²) in [5.41, 5.74) is 5.46. The lowest BCUT2D eigenvalue weighted by Crippen LogP contribution is -2.19. The van der Waals surface area contributed by atoms with Crippen LogP contribution in [0, 0.1) is 5.82 Å². The van der Waals surface area contributed by atoms with Crippen LogP contribution in [0.15, 0.2) is 18.2 Å². The predicted molar refractivity (Wildman–Crippen MR) is 69.0 cm³/mol. The van der Waals surface area contributed by atoms with Crippen LogP contribution in [-0.2, 0) is 9.53 Å². The summed E-state index contributed by atoms with van der Waals surface area (Å²) < 4.78 is 23.4. The van der Waals surface area contributed by atoms with Crippen LogP contribution in [0.5, 0.6) is 5.75 Å². The first-order valence-electron chi connectivity index (χ1n) is 5.31. The molecule has 1 aromatic rings. The molecule has 0 aliphatic heterocycles. The first-order chi connectivity index (χ1) is 8.40. The van der Waals surface area contributed by atoms with Crippen LogP contribution >= 0.6 is 12.2 Å². The molecule has 1 aromatic carbocycles. The van der Waals surface area contributed by atoms with Crippen LogP contribution in [-0.4, -0.2) is 23.7 Å². The van der Waals surface area contributed by atoms with Crippen LogP contribution in [0.4, 0.5) is 4.39 Å². The van der Waals surface area contributed by atoms with Gasteiger partial charge in [0.2, 0.25) is 0 Å². The van der Waals surface area contributed by atoms with E-state index in [4.69, 9.17) is 15.2 Å². The van der Waals surface area contributed by atoms with Gasteiger partial charge < -0.3 is 15.2 Å². The van der Waals surface area contributed by atoms with Crippen molar-refractivity contribution in [2.45, 2.75) is 20.0 Å². The van der Waals surface area contributed by atoms with E-state index in [1.807, 2.05) is 0 Å². The second kappa shape index (κ2) is 6.30. The molecule has 1 rings (SSSR count). The Morgan fingerprint density at radius 1 is 1.50 bits per heavy atom. The number of esters is 1. The number of hydrogen-bond donors (Lipinski definition) is 1. The maximum atomic E-state index is 13.5. The Morgan fingerprint density at radius 2 is 2.17 bits per heavy atom. The van der Waals surface area contributed by atoms with E-state index in [2.05, 4.69) is 12.2 Å². The van der Waals surface area contributed by atoms with Crippen molar-refractivity contribution < 1.29 is 18.7 Å². The minimum Gasteiger partial charge on any atom is -0.482 e. The van der Waals surface area contributed by atoms with Crippen molar-refractivity contribution in [2.75, 3.05) is 6.61 Å². The van der Waals surface area contributed by atoms with Crippen LogP contribution in [0.25, 0.3) is 0 Å². The Bertz CT molecular complexity index is 463. The Hall–Kier alpha value is -1.69. The van der Waals surface area contributed by atoms with E-state index in [-0.39, 0.29) is 29.0 Å². The molecule has 0 saturated heterocycles. The standard InChI is InChI=1S/C12H14FNO3S/c1-7(2)17-11(15)6-16-8-3-4-9(12(14)18)10(13)5-8/h3-5,7H,6H2,1-2H3,(H2,14,18). The normalized spacial score (nSPS) is 10.2. The van der Waals surface area contributed by atoms with Gasteiger partial charge >= 0.3 is 5.97 Å². The molecule has 0 radical (unpaired) electrons. The highest BCUT2D eigenvalue weighted by atomic mass is 32.1. The van der Waals surface area contributed by atoms with E-state index in [1.54, 1.807) is 13.8 Å². The summed E-state index contributed by atoms with van der Waals surface area (Å²) in [5, 5.41) is 0. The summed E-state index contributed by atoms with van der Waals surface area (Å²) in [4.78, 5) is 11.2. The van der Waals surface area contributed by atoms with Crippen molar-refractivity contribution in [3.8, 4) is 5.75 Å². The lowest BCUT2D eigenvalue weighted by molar-refractivity contribution is -0.149. The second-order valence-corrected chi connectivity index (χ2v) is 4.27. The minimum atomic E-state index is -0.586. The third-order valence-electron chi connectivity index (χ3n) is 1.93. The monoisotopic (exact) mass is 271 g/mol. The molecule has 0 fully saturated rings. The summed E-state index contributed by atoms with van der Waals surface area (Å²) in [6.45, 7) is 3.19. The number of rotatable bonds is 5. The molecule has 0 saturated carbocycles. The summed E-state index contributed by atoms with van der Waals surface area (Å²) in [7, 11) is 0. The highest BCUT2D eigenvalue weighted by Gasteiger charge is 2.09. The summed E-state index contributed by atoms with van der Waals surface area (Å²) in [6.07, 6.45) is -0.213. The van der Waals surface area contributed by atoms with Crippen molar-refractivity contribution in [2.24, 2.45) is 5.73 Å². The van der Waals surface area contributed by atoms with E-state index in [9.17, 15) is 9.18 Å². The molecule has 0 spiro atoms. The lowest BCUT2D eigenvalue weighted by Gasteiger charge is -2.10. The SMILES string of the molecule is CC(C)OC(=O)COc1ccc(C(N)=S)c(F)c1. The highest BCUT2D eigenvalue weighted by molar-refractivity contribution is 7.80. The maximum Gasteiger partial charge on any atom is 0.344 e. The van der Waals surface area contributed by atoms with Gasteiger partial charge in [0.25, 0.3) is 0 Å². The molecule has 0 aliphatic carbocycles. The van der Waals surface area contributed by atoms with Crippen molar-refractivity contribution in [1.29, 1.82) is 0 Å². The molecule has 2 N–H and O–H groups in total. The molecule has 0 amide bonds. The van der Waals surface area contributed by atoms with E-state index in [1.165, 1.54) is 12.1 Å². The van der Waals surface area contributed by atoms with E-state index >= 15 is 0 Å². The first kappa shape index (κ1) is 14.4. The molecule has 0 aromatic heterocycles. The van der Waals surface area contributed by atoms with Crippen LogP contribution in [0.1, 0.15) is 19.4 Å². The summed E-state index contributed by atoms with van der Waals surface area (Å²) in [5.74, 6) is -0.880. The maximum absolute atomic E-state index is 13.5. The zero-order valence-electron chi connectivity index (χ0n) is 10.1. The average Bonchev–Trinajstić information content (AvgIpc) is 2.25. The molecule has 0 unspecified atom stereocenters. The van der Waals surface area contributed by atoms with Gasteiger partial charge in [-0.15, -0.1) is 0 Å². The molecule has 6 heteroatoms. The number of carbonyl (C=O) groups is 1. The number of halogens is 1. The van der Waals surface area contributed by atoms with Crippen molar-refractivity contribution >= 4 is 23.2 Å². The molecule has 0 heterocycles. The molecule has 98 valence electrons. The topological polar surface area (TPSA) is 61.5 Å². The Labute approximate surface area is 110 Å². The third kappa shape index (κ3) is 4.29. The Balaban J connectivity index is 2.61. The molecule has 18 heavy (non-hydrogen) atoms. The molecular weight excluding hydrogens is 257 g/mol. The first-order valence-corrected chi connectivity index (χ1v) is 5.72. The number of carbonyl (C=O) groups excluding carboxylic acids is 1. The fourth-order valence-corrected chi connectivity index (χ4v) is 1.39. The predicted octanol–water partition coefficient (Wildman–Crippen LogP) is 1.79. The van der Waals surface area contributed by atoms with Crippen LogP contribution in [0.2, 0.25) is 0 Å². The van der Waals surface area contributed by atoms with Crippen molar-refractivity contribution in [1.82, 2.24) is 0 Å². The lowest BCUT2D eigenvalue weighted by atomic mass is 10.2. The fourth-order valence-electron chi connectivity index (χ4n) is 1.22. The Morgan fingerprint density at radius 3 is 2.67 bits per heavy atom. The van der Waals surface area contributed by atoms with Gasteiger partial charge in [-0.25, -0.2) is 9.18 Å². The molecule has 0 atom stereocenters. The number of hydrogen-bond acceptors (Lipinski definition) is 4. The van der Waals surface area contributed by atoms with Crippen molar-refractivity contribution in [3.05, 3.63) is 29.6 Å². The number of nitrogens with two attached hydrogens (primary N) is 1. The summed E-state index contributed by atoms with van der Waals surface area (Å²) in [6, 6.07) is 4.01. The molecule has 0 bridgehead atoms. The van der Waals surface area contributed by atoms with E-state index < -0.39 is 11.8 Å². The highest BCUT2D eigenvalue weighted by Crippen LogP contribution is 2.16. The quantitative estimate of drug-likeness (QED) is 0.653. The third-order valence-corrected chi connectivity index (χ3v) is 2.15. The molecule has 0 aliphatic rings. The largest absolute Gasteiger partial charge is 0.482 e. The van der Waals surface area contributed by atoms with Gasteiger partial charge in [0.05, 0.1) is 6.10 Å². The van der Waals surface area contributed by atoms with Gasteiger partial charge in [0, 0.05) is 11.6 Å². The van der Waals surface area contributed by atoms with E-state index in [0.29, 0.717) is 0 Å². The number of thiocarbonyl (C=S) groups is 1. The molecule has 4 nitrogen and oxygen atoms in total. The average molecular weight is 271 g/mol.